The number of thioether (sulfide) groups is 1. The van der Waals surface area contributed by atoms with E-state index in [0.717, 1.165) is 0 Å². The van der Waals surface area contributed by atoms with Gasteiger partial charge in [0.05, 0.1) is 12.0 Å². The molecule has 1 rings (SSSR count). The molecule has 1 aromatic rings. The topological polar surface area (TPSA) is 30.2 Å². The molecule has 0 fully saturated rings. The van der Waals surface area contributed by atoms with Crippen molar-refractivity contribution in [3.05, 3.63) is 24.2 Å². The molecular formula is C7H8O2S. The Balaban J connectivity index is 2.59. The van der Waals surface area contributed by atoms with E-state index in [4.69, 9.17) is 4.42 Å². The Morgan fingerprint density at radius 1 is 1.80 bits per heavy atom. The predicted octanol–water partition coefficient (Wildman–Crippen LogP) is 1.83. The first-order valence-electron chi connectivity index (χ1n) is 2.90. The molecule has 0 saturated heterocycles. The molecule has 0 radical (unpaired) electrons. The fourth-order valence-electron chi connectivity index (χ4n) is 0.639. The summed E-state index contributed by atoms with van der Waals surface area (Å²) in [5, 5.41) is 0. The van der Waals surface area contributed by atoms with Crippen molar-refractivity contribution in [2.45, 2.75) is 0 Å². The number of carbonyl (C=O) groups excluding carboxylic acids is 1. The molecule has 0 atom stereocenters. The number of ketones is 1. The van der Waals surface area contributed by atoms with E-state index in [1.807, 2.05) is 6.26 Å². The van der Waals surface area contributed by atoms with Gasteiger partial charge < -0.3 is 4.42 Å². The summed E-state index contributed by atoms with van der Waals surface area (Å²) in [6.45, 7) is 0. The Hall–Kier alpha value is -0.700. The molecule has 0 amide bonds. The van der Waals surface area contributed by atoms with Crippen LogP contribution in [0.5, 0.6) is 0 Å². The van der Waals surface area contributed by atoms with E-state index in [1.165, 1.54) is 18.0 Å². The molecule has 0 aliphatic carbocycles. The van der Waals surface area contributed by atoms with Gasteiger partial charge in [0.15, 0.2) is 5.76 Å². The maximum atomic E-state index is 11.0. The van der Waals surface area contributed by atoms with Gasteiger partial charge in [0.1, 0.15) is 0 Å². The smallest absolute Gasteiger partial charge is 0.207 e. The molecule has 1 heterocycles. The van der Waals surface area contributed by atoms with Crippen LogP contribution < -0.4 is 0 Å². The summed E-state index contributed by atoms with van der Waals surface area (Å²) >= 11 is 1.50. The van der Waals surface area contributed by atoms with Crippen molar-refractivity contribution >= 4 is 17.5 Å². The van der Waals surface area contributed by atoms with Gasteiger partial charge in [-0.05, 0) is 18.4 Å². The van der Waals surface area contributed by atoms with Gasteiger partial charge in [-0.3, -0.25) is 4.79 Å². The quantitative estimate of drug-likeness (QED) is 0.625. The lowest BCUT2D eigenvalue weighted by atomic mass is 10.3. The average Bonchev–Trinajstić information content (AvgIpc) is 2.38. The fraction of sp³-hybridized carbons (Fsp3) is 0.286. The van der Waals surface area contributed by atoms with Gasteiger partial charge in [0.25, 0.3) is 0 Å². The van der Waals surface area contributed by atoms with Crippen molar-refractivity contribution in [2.75, 3.05) is 12.0 Å². The highest BCUT2D eigenvalue weighted by molar-refractivity contribution is 7.99. The molecule has 0 aromatic carbocycles. The van der Waals surface area contributed by atoms with Crippen molar-refractivity contribution in [1.29, 1.82) is 0 Å². The van der Waals surface area contributed by atoms with Gasteiger partial charge in [-0.15, -0.1) is 0 Å². The maximum absolute atomic E-state index is 11.0. The van der Waals surface area contributed by atoms with E-state index in [1.54, 1.807) is 12.1 Å². The molecule has 54 valence electrons. The van der Waals surface area contributed by atoms with E-state index < -0.39 is 0 Å². The number of Topliss-reactive ketones (excluding diaryl/α,β-unsaturated/α-hetero) is 1. The molecule has 3 heteroatoms. The van der Waals surface area contributed by atoms with Crippen LogP contribution in [0, 0.1) is 0 Å². The molecular weight excluding hydrogens is 148 g/mol. The van der Waals surface area contributed by atoms with E-state index in [0.29, 0.717) is 11.5 Å². The summed E-state index contributed by atoms with van der Waals surface area (Å²) in [4.78, 5) is 11.0. The second-order valence-corrected chi connectivity index (χ2v) is 2.70. The van der Waals surface area contributed by atoms with Crippen molar-refractivity contribution in [1.82, 2.24) is 0 Å². The third-order valence-electron chi connectivity index (χ3n) is 1.07. The monoisotopic (exact) mass is 156 g/mol. The van der Waals surface area contributed by atoms with Crippen LogP contribution >= 0.6 is 11.8 Å². The molecule has 1 aromatic heterocycles. The van der Waals surface area contributed by atoms with Gasteiger partial charge in [-0.2, -0.15) is 11.8 Å². The van der Waals surface area contributed by atoms with Crippen LogP contribution in [0.4, 0.5) is 0 Å². The highest BCUT2D eigenvalue weighted by atomic mass is 32.2. The van der Waals surface area contributed by atoms with E-state index in [-0.39, 0.29) is 5.78 Å². The number of hydrogen-bond acceptors (Lipinski definition) is 3. The zero-order valence-corrected chi connectivity index (χ0v) is 6.48. The maximum Gasteiger partial charge on any atom is 0.207 e. The zero-order valence-electron chi connectivity index (χ0n) is 5.66. The van der Waals surface area contributed by atoms with Crippen molar-refractivity contribution in [3.63, 3.8) is 0 Å². The van der Waals surface area contributed by atoms with Gasteiger partial charge in [0.2, 0.25) is 5.78 Å². The Bertz CT molecular complexity index is 203. The molecule has 0 saturated carbocycles. The summed E-state index contributed by atoms with van der Waals surface area (Å²) in [5.41, 5.74) is 0. The number of furan rings is 1. The lowest BCUT2D eigenvalue weighted by Gasteiger charge is -1.90. The first-order chi connectivity index (χ1) is 4.84. The van der Waals surface area contributed by atoms with Crippen LogP contribution in [0.1, 0.15) is 10.6 Å². The molecule has 0 bridgehead atoms. The molecule has 0 N–H and O–H groups in total. The van der Waals surface area contributed by atoms with Gasteiger partial charge >= 0.3 is 0 Å². The summed E-state index contributed by atoms with van der Waals surface area (Å²) in [5.74, 6) is 1.000. The first-order valence-corrected chi connectivity index (χ1v) is 4.29. The van der Waals surface area contributed by atoms with E-state index in [9.17, 15) is 4.79 Å². The van der Waals surface area contributed by atoms with Crippen LogP contribution in [0.25, 0.3) is 0 Å². The second kappa shape index (κ2) is 3.46. The summed E-state index contributed by atoms with van der Waals surface area (Å²) in [6.07, 6.45) is 3.40. The lowest BCUT2D eigenvalue weighted by molar-refractivity contribution is 0.0992. The third kappa shape index (κ3) is 1.64. The first kappa shape index (κ1) is 7.41. The molecule has 0 aliphatic rings. The van der Waals surface area contributed by atoms with Crippen LogP contribution in [0.2, 0.25) is 0 Å². The van der Waals surface area contributed by atoms with Crippen LogP contribution in [0.3, 0.4) is 0 Å². The molecule has 0 spiro atoms. The molecule has 0 unspecified atom stereocenters. The van der Waals surface area contributed by atoms with E-state index >= 15 is 0 Å². The Kier molecular flexibility index (Phi) is 2.57. The number of rotatable bonds is 3. The third-order valence-corrected chi connectivity index (χ3v) is 1.62. The van der Waals surface area contributed by atoms with Crippen molar-refractivity contribution < 1.29 is 9.21 Å². The highest BCUT2D eigenvalue weighted by Gasteiger charge is 2.05. The summed E-state index contributed by atoms with van der Waals surface area (Å²) in [6, 6.07) is 3.39. The standard InChI is InChI=1S/C7H8O2S/c1-10-5-6(8)7-3-2-4-9-7/h2-4H,5H2,1H3. The lowest BCUT2D eigenvalue weighted by Crippen LogP contribution is -1.99. The molecule has 10 heavy (non-hydrogen) atoms. The Labute approximate surface area is 63.6 Å². The van der Waals surface area contributed by atoms with Crippen LogP contribution in [-0.4, -0.2) is 17.8 Å². The van der Waals surface area contributed by atoms with Gasteiger partial charge in [-0.25, -0.2) is 0 Å². The zero-order chi connectivity index (χ0) is 7.40. The van der Waals surface area contributed by atoms with Crippen molar-refractivity contribution in [2.24, 2.45) is 0 Å². The van der Waals surface area contributed by atoms with Crippen molar-refractivity contribution in [3.8, 4) is 0 Å². The fourth-order valence-corrected chi connectivity index (χ4v) is 1.04. The average molecular weight is 156 g/mol. The minimum absolute atomic E-state index is 0.0532. The Morgan fingerprint density at radius 3 is 3.10 bits per heavy atom. The predicted molar refractivity (Wildman–Crippen MR) is 41.4 cm³/mol. The molecule has 2 nitrogen and oxygen atoms in total. The minimum atomic E-state index is 0.0532. The van der Waals surface area contributed by atoms with E-state index in [2.05, 4.69) is 0 Å². The summed E-state index contributed by atoms with van der Waals surface area (Å²) in [7, 11) is 0. The molecule has 0 aliphatic heterocycles. The van der Waals surface area contributed by atoms with Gasteiger partial charge in [0, 0.05) is 0 Å². The number of carbonyl (C=O) groups is 1. The van der Waals surface area contributed by atoms with Crippen LogP contribution in [-0.2, 0) is 0 Å². The Morgan fingerprint density at radius 2 is 2.60 bits per heavy atom. The number of hydrogen-bond donors (Lipinski definition) is 0. The van der Waals surface area contributed by atoms with Crippen LogP contribution in [0.15, 0.2) is 22.8 Å². The largest absolute Gasteiger partial charge is 0.461 e. The SMILES string of the molecule is CSCC(=O)c1ccco1. The highest BCUT2D eigenvalue weighted by Crippen LogP contribution is 2.04. The van der Waals surface area contributed by atoms with Gasteiger partial charge in [-0.1, -0.05) is 0 Å². The summed E-state index contributed by atoms with van der Waals surface area (Å²) < 4.78 is 4.88. The minimum Gasteiger partial charge on any atom is -0.461 e. The normalized spacial score (nSPS) is 9.70. The second-order valence-electron chi connectivity index (χ2n) is 1.83.